The van der Waals surface area contributed by atoms with Gasteiger partial charge in [-0.3, -0.25) is 8.42 Å². The molecular formula is CH4N2O5S-2. The third kappa shape index (κ3) is 255. The van der Waals surface area contributed by atoms with Crippen LogP contribution in [0.5, 0.6) is 0 Å². The van der Waals surface area contributed by atoms with E-state index in [-0.39, 0.29) is 0 Å². The summed E-state index contributed by atoms with van der Waals surface area (Å²) in [7, 11) is -5.17. The van der Waals surface area contributed by atoms with Crippen molar-refractivity contribution in [1.29, 1.82) is 0 Å². The van der Waals surface area contributed by atoms with Gasteiger partial charge in [-0.2, -0.15) is 0 Å². The summed E-state index contributed by atoms with van der Waals surface area (Å²) in [4.78, 5) is 9.00. The van der Waals surface area contributed by atoms with E-state index in [0.717, 1.165) is 0 Å². The fourth-order valence-corrected chi connectivity index (χ4v) is 0. The van der Waals surface area contributed by atoms with Crippen LogP contribution in [0.25, 0.3) is 0 Å². The highest BCUT2D eigenvalue weighted by molar-refractivity contribution is 7.79. The number of hydrogen-bond acceptors (Lipinski definition) is 5. The lowest BCUT2D eigenvalue weighted by atomic mass is 11.2. The van der Waals surface area contributed by atoms with Crippen molar-refractivity contribution in [2.45, 2.75) is 0 Å². The lowest BCUT2D eigenvalue weighted by molar-refractivity contribution is 0.256. The molecule has 2 amide bonds. The smallest absolute Gasteiger partial charge is 0.309 e. The van der Waals surface area contributed by atoms with Crippen LogP contribution in [0.1, 0.15) is 0 Å². The van der Waals surface area contributed by atoms with Gasteiger partial charge in [0, 0.05) is 10.4 Å². The molecule has 0 bridgehead atoms. The van der Waals surface area contributed by atoms with Gasteiger partial charge < -0.3 is 20.6 Å². The van der Waals surface area contributed by atoms with Crippen LogP contribution in [0.15, 0.2) is 0 Å². The number of primary amides is 2. The molecule has 0 aromatic carbocycles. The van der Waals surface area contributed by atoms with Crippen LogP contribution in [-0.4, -0.2) is 23.6 Å². The molecule has 8 heteroatoms. The topological polar surface area (TPSA) is 149 Å². The highest BCUT2D eigenvalue weighted by Crippen LogP contribution is 1.57. The third-order valence-electron chi connectivity index (χ3n) is 0. The second-order valence-corrected chi connectivity index (χ2v) is 1.63. The van der Waals surface area contributed by atoms with Crippen LogP contribution in [0.4, 0.5) is 4.79 Å². The molecule has 0 aliphatic heterocycles. The van der Waals surface area contributed by atoms with Gasteiger partial charge in [-0.15, -0.1) is 0 Å². The van der Waals surface area contributed by atoms with E-state index in [1.54, 1.807) is 0 Å². The van der Waals surface area contributed by atoms with Crippen molar-refractivity contribution < 1.29 is 22.3 Å². The van der Waals surface area contributed by atoms with Gasteiger partial charge in [0.15, 0.2) is 0 Å². The molecular weight excluding hydrogens is 152 g/mol. The molecule has 0 unspecified atom stereocenters. The van der Waals surface area contributed by atoms with E-state index in [9.17, 15) is 0 Å². The summed E-state index contributed by atoms with van der Waals surface area (Å²) in [6.07, 6.45) is 0. The van der Waals surface area contributed by atoms with E-state index >= 15 is 0 Å². The summed E-state index contributed by atoms with van der Waals surface area (Å²) >= 11 is 0. The minimum absolute atomic E-state index is 0.833. The number of rotatable bonds is 0. The van der Waals surface area contributed by atoms with E-state index in [0.29, 0.717) is 0 Å². The molecule has 0 radical (unpaired) electrons. The minimum atomic E-state index is -5.17. The van der Waals surface area contributed by atoms with Gasteiger partial charge in [0.05, 0.1) is 0 Å². The summed E-state index contributed by atoms with van der Waals surface area (Å²) in [5, 5.41) is 0. The SMILES string of the molecule is NC(N)=O.O=S(=O)([O-])[O-]. The first kappa shape index (κ1) is 11.0. The molecule has 0 saturated heterocycles. The highest BCUT2D eigenvalue weighted by Gasteiger charge is 1.60. The third-order valence-corrected chi connectivity index (χ3v) is 0. The zero-order chi connectivity index (χ0) is 8.08. The second kappa shape index (κ2) is 4.06. The Bertz CT molecular complexity index is 157. The Morgan fingerprint density at radius 1 is 1.22 bits per heavy atom. The maximum absolute atomic E-state index is 9.00. The Labute approximate surface area is 51.2 Å². The standard InChI is InChI=1S/CH4N2O.H2O4S/c2-1(3)4;1-5(2,3)4/h(H4,2,3,4);(H2,1,2,3,4)/p-2. The van der Waals surface area contributed by atoms with Crippen molar-refractivity contribution in [3.8, 4) is 0 Å². The number of amides is 2. The molecule has 0 spiro atoms. The lowest BCUT2D eigenvalue weighted by Crippen LogP contribution is -2.18. The molecule has 56 valence electrons. The summed E-state index contributed by atoms with van der Waals surface area (Å²) in [6.45, 7) is 0. The number of carbonyl (C=O) groups is 1. The van der Waals surface area contributed by atoms with Crippen molar-refractivity contribution in [3.05, 3.63) is 0 Å². The monoisotopic (exact) mass is 156 g/mol. The average Bonchev–Trinajstić information content (AvgIpc) is 1.19. The Kier molecular flexibility index (Phi) is 4.97. The number of nitrogens with two attached hydrogens (primary N) is 2. The summed E-state index contributed by atoms with van der Waals surface area (Å²) < 4.78 is 34.1. The molecule has 7 nitrogen and oxygen atoms in total. The van der Waals surface area contributed by atoms with Crippen molar-refractivity contribution in [2.24, 2.45) is 11.5 Å². The first-order valence-corrected chi connectivity index (χ1v) is 2.78. The maximum atomic E-state index is 9.00. The van der Waals surface area contributed by atoms with Gasteiger partial charge in [-0.25, -0.2) is 4.79 Å². The quantitative estimate of drug-likeness (QED) is 0.298. The highest BCUT2D eigenvalue weighted by atomic mass is 32.3. The average molecular weight is 156 g/mol. The largest absolute Gasteiger partial charge is 0.759 e. The summed E-state index contributed by atoms with van der Waals surface area (Å²) in [5.74, 6) is 0. The molecule has 0 saturated carbocycles. The maximum Gasteiger partial charge on any atom is 0.309 e. The molecule has 0 aromatic rings. The van der Waals surface area contributed by atoms with Crippen LogP contribution in [0, 0.1) is 0 Å². The Morgan fingerprint density at radius 2 is 1.22 bits per heavy atom. The Balaban J connectivity index is 0. The first-order chi connectivity index (χ1) is 3.73. The number of hydrogen-bond donors (Lipinski definition) is 2. The summed E-state index contributed by atoms with van der Waals surface area (Å²) in [6, 6.07) is -0.833. The van der Waals surface area contributed by atoms with Crippen molar-refractivity contribution in [2.75, 3.05) is 0 Å². The van der Waals surface area contributed by atoms with Gasteiger partial charge in [-0.05, 0) is 0 Å². The van der Waals surface area contributed by atoms with Gasteiger partial charge in [-0.1, -0.05) is 0 Å². The predicted molar refractivity (Wildman–Crippen MR) is 24.2 cm³/mol. The van der Waals surface area contributed by atoms with Crippen LogP contribution >= 0.6 is 0 Å². The molecule has 0 atom stereocenters. The van der Waals surface area contributed by atoms with E-state index in [4.69, 9.17) is 22.3 Å². The molecule has 4 N–H and O–H groups in total. The van der Waals surface area contributed by atoms with Crippen molar-refractivity contribution >= 4 is 16.4 Å². The Hall–Kier alpha value is -0.860. The van der Waals surface area contributed by atoms with Gasteiger partial charge in [0.25, 0.3) is 0 Å². The van der Waals surface area contributed by atoms with Crippen LogP contribution in [0.3, 0.4) is 0 Å². The molecule has 0 fully saturated rings. The van der Waals surface area contributed by atoms with Crippen molar-refractivity contribution in [3.63, 3.8) is 0 Å². The summed E-state index contributed by atoms with van der Waals surface area (Å²) in [5.41, 5.74) is 8.50. The number of urea groups is 1. The predicted octanol–water partition coefficient (Wildman–Crippen LogP) is -2.31. The fraction of sp³-hybridized carbons (Fsp3) is 0. The van der Waals surface area contributed by atoms with Crippen molar-refractivity contribution in [1.82, 2.24) is 0 Å². The first-order valence-electron chi connectivity index (χ1n) is 1.45. The van der Waals surface area contributed by atoms with Gasteiger partial charge in [0.1, 0.15) is 0 Å². The van der Waals surface area contributed by atoms with E-state index in [2.05, 4.69) is 11.5 Å². The van der Waals surface area contributed by atoms with E-state index in [1.165, 1.54) is 0 Å². The zero-order valence-corrected chi connectivity index (χ0v) is 4.92. The van der Waals surface area contributed by atoms with Crippen LogP contribution in [0.2, 0.25) is 0 Å². The van der Waals surface area contributed by atoms with Crippen LogP contribution in [-0.2, 0) is 10.4 Å². The minimum Gasteiger partial charge on any atom is -0.759 e. The molecule has 0 heterocycles. The number of carbonyl (C=O) groups excluding carboxylic acids is 1. The normalized spacial score (nSPS) is 9.11. The van der Waals surface area contributed by atoms with E-state index in [1.807, 2.05) is 0 Å². The molecule has 0 aliphatic carbocycles. The van der Waals surface area contributed by atoms with E-state index < -0.39 is 16.4 Å². The second-order valence-electron chi connectivity index (χ2n) is 0.811. The van der Waals surface area contributed by atoms with Gasteiger partial charge >= 0.3 is 6.03 Å². The molecule has 0 aromatic heterocycles. The van der Waals surface area contributed by atoms with Gasteiger partial charge in [0.2, 0.25) is 0 Å². The zero-order valence-electron chi connectivity index (χ0n) is 4.10. The lowest BCUT2D eigenvalue weighted by Gasteiger charge is -2.06. The van der Waals surface area contributed by atoms with Crippen LogP contribution < -0.4 is 11.5 Å². The fourth-order valence-electron chi connectivity index (χ4n) is 0. The molecule has 0 rings (SSSR count). The molecule has 9 heavy (non-hydrogen) atoms. The molecule has 0 aliphatic rings. The Morgan fingerprint density at radius 3 is 1.22 bits per heavy atom.